The Balaban J connectivity index is 3.46. The summed E-state index contributed by atoms with van der Waals surface area (Å²) in [7, 11) is 0. The Kier molecular flexibility index (Phi) is 26.5. The molecule has 0 saturated heterocycles. The predicted octanol–water partition coefficient (Wildman–Crippen LogP) is 11.2. The third-order valence-corrected chi connectivity index (χ3v) is 6.58. The summed E-state index contributed by atoms with van der Waals surface area (Å²) in [5.74, 6) is 1.01. The second kappa shape index (κ2) is 26.8. The topological polar surface area (TPSA) is 0 Å². The average Bonchev–Trinajstić information content (AvgIpc) is 2.75. The molecule has 0 aromatic carbocycles. The molecule has 0 nitrogen and oxygen atoms in total. The van der Waals surface area contributed by atoms with Gasteiger partial charge < -0.3 is 0 Å². The van der Waals surface area contributed by atoms with Crippen molar-refractivity contribution in [3.8, 4) is 0 Å². The summed E-state index contributed by atoms with van der Waals surface area (Å²) in [6, 6.07) is 0. The lowest BCUT2D eigenvalue weighted by molar-refractivity contribution is 0.377. The van der Waals surface area contributed by atoms with Crippen LogP contribution in [-0.2, 0) is 0 Å². The molecule has 0 heteroatoms. The fourth-order valence-electron chi connectivity index (χ4n) is 4.59. The molecule has 0 aliphatic rings. The van der Waals surface area contributed by atoms with Crippen LogP contribution in [0.25, 0.3) is 0 Å². The molecular weight excluding hydrogens is 360 g/mol. The first-order chi connectivity index (χ1) is 14.8. The van der Waals surface area contributed by atoms with Gasteiger partial charge in [-0.15, -0.1) is 0 Å². The van der Waals surface area contributed by atoms with E-state index in [9.17, 15) is 0 Å². The van der Waals surface area contributed by atoms with Crippen LogP contribution in [0.15, 0.2) is 12.2 Å². The van der Waals surface area contributed by atoms with Gasteiger partial charge in [0, 0.05) is 0 Å². The van der Waals surface area contributed by atoms with E-state index in [2.05, 4.69) is 32.9 Å². The zero-order chi connectivity index (χ0) is 22.0. The lowest BCUT2D eigenvalue weighted by Crippen LogP contribution is -2.00. The largest absolute Gasteiger partial charge is 0.0885 e. The number of allylic oxidation sites excluding steroid dienone is 2. The van der Waals surface area contributed by atoms with E-state index in [0.29, 0.717) is 0 Å². The molecule has 0 N–H and O–H groups in total. The number of hydrogen-bond acceptors (Lipinski definition) is 0. The molecule has 0 fully saturated rings. The zero-order valence-corrected chi connectivity index (χ0v) is 21.1. The summed E-state index contributed by atoms with van der Waals surface area (Å²) < 4.78 is 0. The van der Waals surface area contributed by atoms with Gasteiger partial charge in [-0.1, -0.05) is 161 Å². The van der Waals surface area contributed by atoms with Crippen LogP contribution in [0.1, 0.15) is 161 Å². The normalized spacial score (nSPS) is 12.8. The minimum atomic E-state index is 1.01. The van der Waals surface area contributed by atoms with E-state index < -0.39 is 0 Å². The van der Waals surface area contributed by atoms with Crippen molar-refractivity contribution in [3.05, 3.63) is 26.0 Å². The molecular formula is C30H58. The fourth-order valence-corrected chi connectivity index (χ4v) is 4.59. The highest BCUT2D eigenvalue weighted by Gasteiger charge is 2.07. The molecule has 0 heterocycles. The Morgan fingerprint density at radius 3 is 1.23 bits per heavy atom. The molecule has 1 atom stereocenters. The van der Waals surface area contributed by atoms with Crippen molar-refractivity contribution in [2.75, 3.05) is 0 Å². The van der Waals surface area contributed by atoms with Crippen LogP contribution >= 0.6 is 0 Å². The van der Waals surface area contributed by atoms with Gasteiger partial charge in [0.25, 0.3) is 0 Å². The Bertz CT molecular complexity index is 316. The monoisotopic (exact) mass is 418 g/mol. The Labute approximate surface area is 193 Å². The highest BCUT2D eigenvalue weighted by molar-refractivity contribution is 4.81. The summed E-state index contributed by atoms with van der Waals surface area (Å²) in [5.41, 5.74) is 0. The van der Waals surface area contributed by atoms with Crippen molar-refractivity contribution in [2.24, 2.45) is 5.92 Å². The molecule has 0 saturated carbocycles. The summed E-state index contributed by atoms with van der Waals surface area (Å²) in [5, 5.41) is 0. The summed E-state index contributed by atoms with van der Waals surface area (Å²) in [6.45, 7) is 10.2. The first-order valence-electron chi connectivity index (χ1n) is 14.1. The third kappa shape index (κ3) is 24.0. The molecule has 30 heavy (non-hydrogen) atoms. The number of hydrogen-bond donors (Lipinski definition) is 0. The van der Waals surface area contributed by atoms with Gasteiger partial charge in [0.2, 0.25) is 0 Å². The molecule has 2 radical (unpaired) electrons. The van der Waals surface area contributed by atoms with E-state index in [-0.39, 0.29) is 0 Å². The summed E-state index contributed by atoms with van der Waals surface area (Å²) in [4.78, 5) is 0. The molecule has 0 bridgehead atoms. The second-order valence-electron chi connectivity index (χ2n) is 9.64. The predicted molar refractivity (Wildman–Crippen MR) is 140 cm³/mol. The Morgan fingerprint density at radius 1 is 0.467 bits per heavy atom. The molecule has 0 spiro atoms. The van der Waals surface area contributed by atoms with E-state index in [1.54, 1.807) is 0 Å². The lowest BCUT2D eigenvalue weighted by atomic mass is 9.90. The van der Waals surface area contributed by atoms with Crippen LogP contribution in [0.4, 0.5) is 0 Å². The smallest absolute Gasteiger partial charge is 0.0351 e. The van der Waals surface area contributed by atoms with Gasteiger partial charge in [0.1, 0.15) is 0 Å². The van der Waals surface area contributed by atoms with Crippen LogP contribution < -0.4 is 0 Å². The van der Waals surface area contributed by atoms with Gasteiger partial charge in [0.05, 0.1) is 0 Å². The van der Waals surface area contributed by atoms with Crippen molar-refractivity contribution >= 4 is 0 Å². The maximum absolute atomic E-state index is 3.93. The Morgan fingerprint density at radius 2 is 0.833 bits per heavy atom. The fraction of sp³-hybridized carbons (Fsp3) is 0.867. The molecule has 0 rings (SSSR count). The van der Waals surface area contributed by atoms with Gasteiger partial charge in [-0.2, -0.15) is 0 Å². The standard InChI is InChI=1S/C30H58/c1-4-7-9-11-13-15-16-17-18-20-22-24-26-29-30(27-6-3)28-25-23-21-19-14-12-10-8-5-2/h16-17,30H,1-2,4-15,18-29H2,3H3/b17-16+. The van der Waals surface area contributed by atoms with E-state index in [1.807, 2.05) is 0 Å². The van der Waals surface area contributed by atoms with Gasteiger partial charge >= 0.3 is 0 Å². The van der Waals surface area contributed by atoms with Crippen molar-refractivity contribution < 1.29 is 0 Å². The summed E-state index contributed by atoms with van der Waals surface area (Å²) >= 11 is 0. The van der Waals surface area contributed by atoms with E-state index >= 15 is 0 Å². The van der Waals surface area contributed by atoms with Crippen LogP contribution in [0.5, 0.6) is 0 Å². The summed E-state index contributed by atoms with van der Waals surface area (Å²) in [6.07, 6.45) is 38.1. The molecule has 178 valence electrons. The zero-order valence-electron chi connectivity index (χ0n) is 21.1. The van der Waals surface area contributed by atoms with Crippen molar-refractivity contribution in [2.45, 2.75) is 161 Å². The molecule has 0 aliphatic heterocycles. The minimum absolute atomic E-state index is 1.01. The highest BCUT2D eigenvalue weighted by atomic mass is 14.1. The van der Waals surface area contributed by atoms with Crippen molar-refractivity contribution in [3.63, 3.8) is 0 Å². The third-order valence-electron chi connectivity index (χ3n) is 6.58. The van der Waals surface area contributed by atoms with E-state index in [4.69, 9.17) is 0 Å². The molecule has 0 aromatic heterocycles. The maximum atomic E-state index is 3.93. The van der Waals surface area contributed by atoms with Crippen LogP contribution in [0.3, 0.4) is 0 Å². The first kappa shape index (κ1) is 29.7. The van der Waals surface area contributed by atoms with Crippen LogP contribution in [-0.4, -0.2) is 0 Å². The first-order valence-corrected chi connectivity index (χ1v) is 14.1. The lowest BCUT2D eigenvalue weighted by Gasteiger charge is -2.16. The van der Waals surface area contributed by atoms with E-state index in [0.717, 1.165) is 18.8 Å². The van der Waals surface area contributed by atoms with Gasteiger partial charge in [-0.25, -0.2) is 0 Å². The average molecular weight is 419 g/mol. The maximum Gasteiger partial charge on any atom is -0.0351 e. The molecule has 0 amide bonds. The van der Waals surface area contributed by atoms with Gasteiger partial charge in [-0.05, 0) is 31.6 Å². The highest BCUT2D eigenvalue weighted by Crippen LogP contribution is 2.23. The second-order valence-corrected chi connectivity index (χ2v) is 9.64. The van der Waals surface area contributed by atoms with Crippen molar-refractivity contribution in [1.29, 1.82) is 0 Å². The SMILES string of the molecule is [CH2]CCCCCC/C=C/CCCCCCC(CCC)CCCCCCCCCC[CH2]. The van der Waals surface area contributed by atoms with Gasteiger partial charge in [0.15, 0.2) is 0 Å². The van der Waals surface area contributed by atoms with E-state index in [1.165, 1.54) is 141 Å². The van der Waals surface area contributed by atoms with Crippen LogP contribution in [0.2, 0.25) is 0 Å². The molecule has 0 aromatic rings. The van der Waals surface area contributed by atoms with Gasteiger partial charge in [-0.3, -0.25) is 0 Å². The molecule has 0 aliphatic carbocycles. The van der Waals surface area contributed by atoms with Crippen molar-refractivity contribution in [1.82, 2.24) is 0 Å². The Hall–Kier alpha value is -0.260. The number of rotatable bonds is 25. The van der Waals surface area contributed by atoms with Crippen LogP contribution in [0, 0.1) is 19.8 Å². The minimum Gasteiger partial charge on any atom is -0.0885 e. The molecule has 1 unspecified atom stereocenters. The quantitative estimate of drug-likeness (QED) is 0.102. The number of unbranched alkanes of at least 4 members (excludes halogenated alkanes) is 17.